The van der Waals surface area contributed by atoms with E-state index in [0.29, 0.717) is 17.0 Å². The summed E-state index contributed by atoms with van der Waals surface area (Å²) in [6, 6.07) is 12.2. The fourth-order valence-corrected chi connectivity index (χ4v) is 2.59. The highest BCUT2D eigenvalue weighted by molar-refractivity contribution is 5.93. The van der Waals surface area contributed by atoms with Crippen molar-refractivity contribution in [3.8, 4) is 11.5 Å². The molecule has 0 atom stereocenters. The summed E-state index contributed by atoms with van der Waals surface area (Å²) < 4.78 is 10.5. The molecular weight excluding hydrogens is 350 g/mol. The van der Waals surface area contributed by atoms with Gasteiger partial charge in [0.25, 0.3) is 11.5 Å². The van der Waals surface area contributed by atoms with Crippen LogP contribution in [-0.4, -0.2) is 41.3 Å². The molecule has 0 aliphatic heterocycles. The van der Waals surface area contributed by atoms with Gasteiger partial charge in [-0.2, -0.15) is 0 Å². The maximum absolute atomic E-state index is 12.4. The van der Waals surface area contributed by atoms with E-state index in [1.807, 2.05) is 24.3 Å². The van der Waals surface area contributed by atoms with Crippen LogP contribution in [0.15, 0.2) is 47.3 Å². The van der Waals surface area contributed by atoms with Crippen molar-refractivity contribution in [1.29, 1.82) is 0 Å². The number of carbonyl (C=O) groups excluding carboxylic acids is 1. The van der Waals surface area contributed by atoms with Crippen molar-refractivity contribution in [2.45, 2.75) is 6.54 Å². The zero-order valence-electron chi connectivity index (χ0n) is 14.7. The number of hydrogen-bond acceptors (Lipinski definition) is 6. The Bertz CT molecular complexity index is 1020. The lowest BCUT2D eigenvalue weighted by atomic mass is 10.2. The molecule has 1 heterocycles. The first-order valence-corrected chi connectivity index (χ1v) is 8.30. The number of hydrogen-bond donors (Lipinski definition) is 3. The van der Waals surface area contributed by atoms with Crippen molar-refractivity contribution in [1.82, 2.24) is 15.3 Å². The van der Waals surface area contributed by atoms with Crippen LogP contribution in [0.2, 0.25) is 0 Å². The van der Waals surface area contributed by atoms with Gasteiger partial charge in [-0.15, -0.1) is 0 Å². The van der Waals surface area contributed by atoms with Gasteiger partial charge in [0, 0.05) is 6.54 Å². The Labute approximate surface area is 154 Å². The molecule has 0 aliphatic rings. The van der Waals surface area contributed by atoms with Gasteiger partial charge in [-0.05, 0) is 29.8 Å². The van der Waals surface area contributed by atoms with Gasteiger partial charge in [0.1, 0.15) is 23.5 Å². The molecule has 0 aliphatic carbocycles. The third kappa shape index (κ3) is 4.24. The predicted octanol–water partition coefficient (Wildman–Crippen LogP) is 1.23. The summed E-state index contributed by atoms with van der Waals surface area (Å²) in [6.07, 6.45) is 0. The van der Waals surface area contributed by atoms with Gasteiger partial charge in [-0.1, -0.05) is 18.2 Å². The van der Waals surface area contributed by atoms with E-state index in [9.17, 15) is 9.59 Å². The normalized spacial score (nSPS) is 10.6. The number of aromatic amines is 1. The number of aromatic nitrogens is 2. The molecule has 0 spiro atoms. The van der Waals surface area contributed by atoms with E-state index in [-0.39, 0.29) is 31.0 Å². The molecule has 3 N–H and O–H groups in total. The zero-order valence-corrected chi connectivity index (χ0v) is 14.7. The molecule has 2 aromatic carbocycles. The number of fused-ring (bicyclic) bond motifs is 1. The van der Waals surface area contributed by atoms with Crippen molar-refractivity contribution in [3.05, 3.63) is 64.2 Å². The average Bonchev–Trinajstić information content (AvgIpc) is 2.70. The molecule has 27 heavy (non-hydrogen) atoms. The first-order chi connectivity index (χ1) is 13.1. The second-order valence-electron chi connectivity index (χ2n) is 5.67. The number of aliphatic hydroxyl groups excluding tert-OH is 1. The molecule has 3 rings (SSSR count). The van der Waals surface area contributed by atoms with Crippen molar-refractivity contribution in [2.75, 3.05) is 20.3 Å². The highest BCUT2D eigenvalue weighted by Gasteiger charge is 2.14. The minimum Gasteiger partial charge on any atom is -0.497 e. The first kappa shape index (κ1) is 18.4. The number of methoxy groups -OCH3 is 1. The quantitative estimate of drug-likeness (QED) is 0.577. The molecule has 0 saturated carbocycles. The second kappa shape index (κ2) is 8.33. The maximum atomic E-state index is 12.4. The van der Waals surface area contributed by atoms with E-state index < -0.39 is 11.5 Å². The highest BCUT2D eigenvalue weighted by Crippen LogP contribution is 2.20. The minimum absolute atomic E-state index is 0.0569. The van der Waals surface area contributed by atoms with Gasteiger partial charge >= 0.3 is 0 Å². The Morgan fingerprint density at radius 2 is 2.07 bits per heavy atom. The number of rotatable bonds is 7. The number of ether oxygens (including phenoxy) is 2. The molecule has 1 aromatic heterocycles. The highest BCUT2D eigenvalue weighted by atomic mass is 16.5. The van der Waals surface area contributed by atoms with Gasteiger partial charge in [0.2, 0.25) is 0 Å². The third-order valence-corrected chi connectivity index (χ3v) is 3.85. The molecule has 8 heteroatoms. The third-order valence-electron chi connectivity index (χ3n) is 3.85. The number of carbonyl (C=O) groups is 1. The summed E-state index contributed by atoms with van der Waals surface area (Å²) in [7, 11) is 1.57. The number of nitrogens with one attached hydrogen (secondary N) is 2. The van der Waals surface area contributed by atoms with Crippen LogP contribution in [0.4, 0.5) is 0 Å². The monoisotopic (exact) mass is 369 g/mol. The summed E-state index contributed by atoms with van der Waals surface area (Å²) >= 11 is 0. The van der Waals surface area contributed by atoms with Crippen molar-refractivity contribution < 1.29 is 19.4 Å². The topological polar surface area (TPSA) is 114 Å². The molecule has 0 saturated heterocycles. The van der Waals surface area contributed by atoms with Crippen molar-refractivity contribution in [3.63, 3.8) is 0 Å². The Kier molecular flexibility index (Phi) is 5.68. The van der Waals surface area contributed by atoms with Crippen LogP contribution in [-0.2, 0) is 6.54 Å². The van der Waals surface area contributed by atoms with E-state index >= 15 is 0 Å². The van der Waals surface area contributed by atoms with Gasteiger partial charge in [0.15, 0.2) is 5.82 Å². The Morgan fingerprint density at radius 1 is 1.26 bits per heavy atom. The fourth-order valence-electron chi connectivity index (χ4n) is 2.59. The smallest absolute Gasteiger partial charge is 0.287 e. The fraction of sp³-hybridized carbons (Fsp3) is 0.211. The van der Waals surface area contributed by atoms with Crippen molar-refractivity contribution >= 4 is 16.8 Å². The molecule has 3 aromatic rings. The summed E-state index contributed by atoms with van der Waals surface area (Å²) in [5.74, 6) is 0.404. The van der Waals surface area contributed by atoms with Gasteiger partial charge in [-0.3, -0.25) is 9.59 Å². The standard InChI is InChI=1S/C19H19N3O5/c1-26-13-5-2-4-12(10-13)11-20-19(25)17-21-14-6-3-7-15(27-9-8-23)16(14)18(24)22-17/h2-7,10,23H,8-9,11H2,1H3,(H,20,25)(H,21,22,24). The van der Waals surface area contributed by atoms with E-state index in [1.54, 1.807) is 25.3 Å². The maximum Gasteiger partial charge on any atom is 0.287 e. The van der Waals surface area contributed by atoms with Crippen LogP contribution in [0.5, 0.6) is 11.5 Å². The zero-order chi connectivity index (χ0) is 19.2. The van der Waals surface area contributed by atoms with E-state index in [0.717, 1.165) is 5.56 Å². The summed E-state index contributed by atoms with van der Waals surface area (Å²) in [5.41, 5.74) is 0.700. The SMILES string of the molecule is COc1cccc(CNC(=O)c2nc3cccc(OCCO)c3c(=O)[nH]2)c1. The molecule has 140 valence electrons. The van der Waals surface area contributed by atoms with Crippen LogP contribution in [0, 0.1) is 0 Å². The van der Waals surface area contributed by atoms with E-state index in [4.69, 9.17) is 14.6 Å². The minimum atomic E-state index is -0.501. The van der Waals surface area contributed by atoms with Crippen molar-refractivity contribution in [2.24, 2.45) is 0 Å². The van der Waals surface area contributed by atoms with Gasteiger partial charge in [-0.25, -0.2) is 4.98 Å². The summed E-state index contributed by atoms with van der Waals surface area (Å²) in [5, 5.41) is 11.8. The number of aliphatic hydroxyl groups is 1. The van der Waals surface area contributed by atoms with E-state index in [1.165, 1.54) is 0 Å². The number of amides is 1. The molecule has 0 fully saturated rings. The van der Waals surface area contributed by atoms with Crippen LogP contribution in [0.1, 0.15) is 16.2 Å². The molecule has 1 amide bonds. The summed E-state index contributed by atoms with van der Waals surface area (Å²) in [4.78, 5) is 31.5. The van der Waals surface area contributed by atoms with Crippen LogP contribution in [0.25, 0.3) is 10.9 Å². The van der Waals surface area contributed by atoms with Crippen LogP contribution < -0.4 is 20.3 Å². The largest absolute Gasteiger partial charge is 0.497 e. The molecule has 0 unspecified atom stereocenters. The molecule has 8 nitrogen and oxygen atoms in total. The Morgan fingerprint density at radius 3 is 2.85 bits per heavy atom. The lowest BCUT2D eigenvalue weighted by Crippen LogP contribution is -2.27. The summed E-state index contributed by atoms with van der Waals surface area (Å²) in [6.45, 7) is 0.144. The first-order valence-electron chi connectivity index (χ1n) is 8.30. The van der Waals surface area contributed by atoms with Crippen LogP contribution >= 0.6 is 0 Å². The lowest BCUT2D eigenvalue weighted by Gasteiger charge is -2.09. The van der Waals surface area contributed by atoms with E-state index in [2.05, 4.69) is 15.3 Å². The number of H-pyrrole nitrogens is 1. The predicted molar refractivity (Wildman–Crippen MR) is 99.1 cm³/mol. The number of benzene rings is 2. The molecular formula is C19H19N3O5. The molecule has 0 bridgehead atoms. The Balaban J connectivity index is 1.81. The molecule has 0 radical (unpaired) electrons. The second-order valence-corrected chi connectivity index (χ2v) is 5.67. The Hall–Kier alpha value is -3.39. The van der Waals surface area contributed by atoms with Gasteiger partial charge in [0.05, 0.1) is 19.2 Å². The average molecular weight is 369 g/mol. The lowest BCUT2D eigenvalue weighted by molar-refractivity contribution is 0.0940. The van der Waals surface area contributed by atoms with Gasteiger partial charge < -0.3 is 24.9 Å². The van der Waals surface area contributed by atoms with Crippen LogP contribution in [0.3, 0.4) is 0 Å². The number of nitrogens with zero attached hydrogens (tertiary/aromatic N) is 1.